The minimum Gasteiger partial charge on any atom is -0.459 e. The first kappa shape index (κ1) is 13.5. The summed E-state index contributed by atoms with van der Waals surface area (Å²) >= 11 is 0. The van der Waals surface area contributed by atoms with Crippen LogP contribution in [0, 0.1) is 0 Å². The average Bonchev–Trinajstić information content (AvgIpc) is 2.99. The molecule has 0 N–H and O–H groups in total. The van der Waals surface area contributed by atoms with Gasteiger partial charge in [0.1, 0.15) is 12.7 Å². The third kappa shape index (κ3) is 8.87. The normalized spacial score (nSPS) is 16.5. The van der Waals surface area contributed by atoms with Gasteiger partial charge in [0.2, 0.25) is 6.08 Å². The molecule has 0 saturated carbocycles. The zero-order valence-electron chi connectivity index (χ0n) is 8.99. The second-order valence-corrected chi connectivity index (χ2v) is 2.90. The zero-order valence-corrected chi connectivity index (χ0v) is 8.99. The third-order valence-electron chi connectivity index (χ3n) is 1.37. The lowest BCUT2D eigenvalue weighted by atomic mass is 10.4. The van der Waals surface area contributed by atoms with Gasteiger partial charge in [-0.1, -0.05) is 6.58 Å². The quantitative estimate of drug-likeness (QED) is 0.228. The van der Waals surface area contributed by atoms with Crippen LogP contribution in [-0.2, 0) is 19.1 Å². The molecule has 5 heteroatoms. The number of carbonyl (C=O) groups excluding carboxylic acids is 2. The molecule has 15 heavy (non-hydrogen) atoms. The van der Waals surface area contributed by atoms with Crippen LogP contribution < -0.4 is 0 Å². The van der Waals surface area contributed by atoms with Gasteiger partial charge in [-0.25, -0.2) is 14.6 Å². The highest BCUT2D eigenvalue weighted by atomic mass is 16.6. The van der Waals surface area contributed by atoms with Crippen LogP contribution in [0.3, 0.4) is 0 Å². The van der Waals surface area contributed by atoms with E-state index in [2.05, 4.69) is 11.6 Å². The predicted molar refractivity (Wildman–Crippen MR) is 54.2 cm³/mol. The lowest BCUT2D eigenvalue weighted by Crippen LogP contribution is -2.09. The fraction of sp³-hybridized carbons (Fsp3) is 0.600. The molecule has 1 atom stereocenters. The first-order chi connectivity index (χ1) is 7.11. The monoisotopic (exact) mass is 213 g/mol. The Balaban J connectivity index is 0.000000336. The Kier molecular flexibility index (Phi) is 7.14. The van der Waals surface area contributed by atoms with E-state index in [9.17, 15) is 4.79 Å². The fourth-order valence-electron chi connectivity index (χ4n) is 0.521. The van der Waals surface area contributed by atoms with E-state index in [0.29, 0.717) is 25.3 Å². The molecule has 1 unspecified atom stereocenters. The van der Waals surface area contributed by atoms with Crippen molar-refractivity contribution >= 4 is 12.0 Å². The standard InChI is InChI=1S/C7H10O3.C3H5NO/c1-5(2)7(8)10-4-6-3-9-6;1-2-4-3-5/h6H,1,3-4H2,2H3;2H2,1H3. The van der Waals surface area contributed by atoms with Crippen molar-refractivity contribution in [2.24, 2.45) is 4.99 Å². The molecule has 1 rings (SSSR count). The van der Waals surface area contributed by atoms with E-state index in [1.165, 1.54) is 6.08 Å². The Labute approximate surface area is 88.8 Å². The molecule has 0 aliphatic carbocycles. The second-order valence-electron chi connectivity index (χ2n) is 2.90. The lowest BCUT2D eigenvalue weighted by Gasteiger charge is -1.99. The van der Waals surface area contributed by atoms with Gasteiger partial charge >= 0.3 is 5.97 Å². The van der Waals surface area contributed by atoms with E-state index in [1.807, 2.05) is 0 Å². The van der Waals surface area contributed by atoms with Crippen LogP contribution in [0.15, 0.2) is 17.1 Å². The summed E-state index contributed by atoms with van der Waals surface area (Å²) in [5.74, 6) is -0.337. The van der Waals surface area contributed by atoms with E-state index in [1.54, 1.807) is 13.8 Å². The summed E-state index contributed by atoms with van der Waals surface area (Å²) in [4.78, 5) is 23.0. The second kappa shape index (κ2) is 7.91. The van der Waals surface area contributed by atoms with Gasteiger partial charge in [0.15, 0.2) is 0 Å². The van der Waals surface area contributed by atoms with Crippen molar-refractivity contribution in [3.63, 3.8) is 0 Å². The van der Waals surface area contributed by atoms with Crippen LogP contribution in [0.1, 0.15) is 13.8 Å². The number of hydrogen-bond donors (Lipinski definition) is 0. The molecule has 1 aliphatic rings. The number of ether oxygens (including phenoxy) is 2. The van der Waals surface area contributed by atoms with E-state index < -0.39 is 0 Å². The van der Waals surface area contributed by atoms with Gasteiger partial charge in [0, 0.05) is 12.1 Å². The Morgan fingerprint density at radius 3 is 2.60 bits per heavy atom. The predicted octanol–water partition coefficient (Wildman–Crippen LogP) is 0.847. The summed E-state index contributed by atoms with van der Waals surface area (Å²) < 4.78 is 9.60. The van der Waals surface area contributed by atoms with Crippen molar-refractivity contribution in [1.29, 1.82) is 0 Å². The number of nitrogens with zero attached hydrogens (tertiary/aromatic N) is 1. The number of isocyanates is 1. The molecule has 0 bridgehead atoms. The van der Waals surface area contributed by atoms with Crippen molar-refractivity contribution in [2.45, 2.75) is 20.0 Å². The first-order valence-electron chi connectivity index (χ1n) is 4.59. The summed E-state index contributed by atoms with van der Waals surface area (Å²) in [6, 6.07) is 0. The minimum absolute atomic E-state index is 0.142. The van der Waals surface area contributed by atoms with Crippen LogP contribution in [0.2, 0.25) is 0 Å². The third-order valence-corrected chi connectivity index (χ3v) is 1.37. The van der Waals surface area contributed by atoms with Gasteiger partial charge in [-0.3, -0.25) is 0 Å². The number of rotatable bonds is 4. The first-order valence-corrected chi connectivity index (χ1v) is 4.59. The van der Waals surface area contributed by atoms with Crippen molar-refractivity contribution in [2.75, 3.05) is 19.8 Å². The molecule has 0 aromatic rings. The number of epoxide rings is 1. The molecule has 1 fully saturated rings. The highest BCUT2D eigenvalue weighted by Gasteiger charge is 2.24. The van der Waals surface area contributed by atoms with Gasteiger partial charge in [-0.15, -0.1) is 0 Å². The molecule has 0 amide bonds. The summed E-state index contributed by atoms with van der Waals surface area (Å²) in [5, 5.41) is 0. The largest absolute Gasteiger partial charge is 0.459 e. The molecule has 84 valence electrons. The molecule has 1 aliphatic heterocycles. The SMILES string of the molecule is C=C(C)C(=O)OCC1CO1.CCN=C=O. The summed E-state index contributed by atoms with van der Waals surface area (Å²) in [7, 11) is 0. The molecular weight excluding hydrogens is 198 g/mol. The van der Waals surface area contributed by atoms with Crippen LogP contribution >= 0.6 is 0 Å². The van der Waals surface area contributed by atoms with Gasteiger partial charge in [-0.05, 0) is 13.8 Å². The molecule has 1 heterocycles. The Morgan fingerprint density at radius 2 is 2.33 bits per heavy atom. The molecule has 0 aromatic heterocycles. The fourth-order valence-corrected chi connectivity index (χ4v) is 0.521. The van der Waals surface area contributed by atoms with Crippen molar-refractivity contribution in [3.05, 3.63) is 12.2 Å². The maximum atomic E-state index is 10.7. The summed E-state index contributed by atoms with van der Waals surface area (Å²) in [6.45, 7) is 8.47. The highest BCUT2D eigenvalue weighted by Crippen LogP contribution is 2.09. The number of carbonyl (C=O) groups is 1. The Bertz CT molecular complexity index is 265. The van der Waals surface area contributed by atoms with Crippen LogP contribution in [0.4, 0.5) is 0 Å². The van der Waals surface area contributed by atoms with Crippen LogP contribution in [-0.4, -0.2) is 37.9 Å². The molecular formula is C10H15NO4. The van der Waals surface area contributed by atoms with Gasteiger partial charge in [0.05, 0.1) is 6.61 Å². The smallest absolute Gasteiger partial charge is 0.333 e. The van der Waals surface area contributed by atoms with E-state index >= 15 is 0 Å². The van der Waals surface area contributed by atoms with E-state index in [-0.39, 0.29) is 12.1 Å². The molecule has 0 aromatic carbocycles. The van der Waals surface area contributed by atoms with Crippen molar-refractivity contribution < 1.29 is 19.1 Å². The molecule has 0 radical (unpaired) electrons. The molecule has 1 saturated heterocycles. The minimum atomic E-state index is -0.337. The lowest BCUT2D eigenvalue weighted by molar-refractivity contribution is -0.139. The van der Waals surface area contributed by atoms with Gasteiger partial charge in [0.25, 0.3) is 0 Å². The molecule has 5 nitrogen and oxygen atoms in total. The van der Waals surface area contributed by atoms with Gasteiger partial charge in [-0.2, -0.15) is 0 Å². The van der Waals surface area contributed by atoms with Crippen molar-refractivity contribution in [3.8, 4) is 0 Å². The Hall–Kier alpha value is -1.45. The van der Waals surface area contributed by atoms with Crippen LogP contribution in [0.25, 0.3) is 0 Å². The maximum absolute atomic E-state index is 10.7. The topological polar surface area (TPSA) is 68.3 Å². The maximum Gasteiger partial charge on any atom is 0.333 e. The average molecular weight is 213 g/mol. The highest BCUT2D eigenvalue weighted by molar-refractivity contribution is 5.86. The van der Waals surface area contributed by atoms with E-state index in [4.69, 9.17) is 14.3 Å². The zero-order chi connectivity index (χ0) is 11.7. The number of aliphatic imine (C=N–C) groups is 1. The summed E-state index contributed by atoms with van der Waals surface area (Å²) in [5.41, 5.74) is 0.431. The van der Waals surface area contributed by atoms with Crippen molar-refractivity contribution in [1.82, 2.24) is 0 Å². The summed E-state index contributed by atoms with van der Waals surface area (Å²) in [6.07, 6.45) is 1.53. The van der Waals surface area contributed by atoms with Gasteiger partial charge < -0.3 is 9.47 Å². The van der Waals surface area contributed by atoms with E-state index in [0.717, 1.165) is 0 Å². The molecule has 0 spiro atoms. The number of esters is 1. The van der Waals surface area contributed by atoms with Crippen LogP contribution in [0.5, 0.6) is 0 Å². The number of hydrogen-bond acceptors (Lipinski definition) is 5. The Morgan fingerprint density at radius 1 is 1.73 bits per heavy atom.